The Morgan fingerprint density at radius 1 is 1.07 bits per heavy atom. The molecule has 0 saturated carbocycles. The van der Waals surface area contributed by atoms with Gasteiger partial charge in [0.25, 0.3) is 0 Å². The van der Waals surface area contributed by atoms with Crippen molar-refractivity contribution in [2.75, 3.05) is 0 Å². The first-order valence-corrected chi connectivity index (χ1v) is 9.72. The van der Waals surface area contributed by atoms with Crippen LogP contribution in [0.25, 0.3) is 28.0 Å². The molecule has 1 unspecified atom stereocenters. The second kappa shape index (κ2) is 8.68. The van der Waals surface area contributed by atoms with Gasteiger partial charge in [-0.3, -0.25) is 4.98 Å². The van der Waals surface area contributed by atoms with Gasteiger partial charge in [0, 0.05) is 28.2 Å². The number of terminal acetylenes is 1. The van der Waals surface area contributed by atoms with E-state index in [0.717, 1.165) is 44.9 Å². The molecular weight excluding hydrogens is 358 g/mol. The third-order valence-electron chi connectivity index (χ3n) is 4.47. The number of pyridine rings is 2. The van der Waals surface area contributed by atoms with Gasteiger partial charge in [0.2, 0.25) is 0 Å². The lowest BCUT2D eigenvalue weighted by molar-refractivity contribution is 0.782. The van der Waals surface area contributed by atoms with Crippen molar-refractivity contribution in [3.05, 3.63) is 71.7 Å². The van der Waals surface area contributed by atoms with Crippen molar-refractivity contribution in [2.24, 2.45) is 5.73 Å². The zero-order valence-corrected chi connectivity index (χ0v) is 17.2. The summed E-state index contributed by atoms with van der Waals surface area (Å²) in [5.41, 5.74) is 11.2. The summed E-state index contributed by atoms with van der Waals surface area (Å²) in [6, 6.07) is 15.6. The molecule has 0 bridgehead atoms. The highest BCUT2D eigenvalue weighted by atomic mass is 15.3. The minimum absolute atomic E-state index is 0.136. The monoisotopic (exact) mass is 383 g/mol. The zero-order chi connectivity index (χ0) is 21.0. The van der Waals surface area contributed by atoms with Crippen molar-refractivity contribution < 1.29 is 0 Å². The first-order valence-electron chi connectivity index (χ1n) is 9.72. The molecule has 0 saturated heterocycles. The maximum atomic E-state index is 5.99. The smallest absolute Gasteiger partial charge is 0.154 e. The Morgan fingerprint density at radius 2 is 1.83 bits per heavy atom. The van der Waals surface area contributed by atoms with E-state index in [1.165, 1.54) is 0 Å². The first-order chi connectivity index (χ1) is 14.1. The summed E-state index contributed by atoms with van der Waals surface area (Å²) < 4.78 is 1.81. The van der Waals surface area contributed by atoms with Gasteiger partial charge in [-0.15, -0.1) is 6.42 Å². The fourth-order valence-electron chi connectivity index (χ4n) is 3.09. The van der Waals surface area contributed by atoms with Crippen LogP contribution in [0.3, 0.4) is 0 Å². The fourth-order valence-corrected chi connectivity index (χ4v) is 3.09. The molecule has 0 aliphatic carbocycles. The van der Waals surface area contributed by atoms with E-state index < -0.39 is 0 Å². The molecule has 2 N–H and O–H groups in total. The number of hydrogen-bond acceptors (Lipinski definition) is 4. The summed E-state index contributed by atoms with van der Waals surface area (Å²) in [6.45, 7) is 7.87. The summed E-state index contributed by atoms with van der Waals surface area (Å²) in [7, 11) is 0. The number of rotatable bonds is 3. The summed E-state index contributed by atoms with van der Waals surface area (Å²) in [4.78, 5) is 9.26. The van der Waals surface area contributed by atoms with E-state index in [0.29, 0.717) is 0 Å². The number of aryl methyl sites for hydroxylation is 1. The lowest BCUT2D eigenvalue weighted by Crippen LogP contribution is -2.07. The Kier molecular flexibility index (Phi) is 6.06. The van der Waals surface area contributed by atoms with Crippen LogP contribution in [-0.4, -0.2) is 19.7 Å². The lowest BCUT2D eigenvalue weighted by Gasteiger charge is -2.09. The third kappa shape index (κ3) is 4.03. The average molecular weight is 383 g/mol. The van der Waals surface area contributed by atoms with Gasteiger partial charge >= 0.3 is 0 Å². The van der Waals surface area contributed by atoms with Crippen LogP contribution in [0.1, 0.15) is 43.8 Å². The Bertz CT molecular complexity index is 1180. The number of fused-ring (bicyclic) bond motifs is 1. The van der Waals surface area contributed by atoms with Gasteiger partial charge in [-0.25, -0.2) is 9.67 Å². The maximum Gasteiger partial charge on any atom is 0.154 e. The molecule has 4 rings (SSSR count). The molecule has 5 heteroatoms. The van der Waals surface area contributed by atoms with E-state index in [9.17, 15) is 0 Å². The molecule has 0 spiro atoms. The Balaban J connectivity index is 0.00000117. The second-order valence-electron chi connectivity index (χ2n) is 6.53. The molecule has 5 nitrogen and oxygen atoms in total. The quantitative estimate of drug-likeness (QED) is 0.515. The number of hydrogen-bond donors (Lipinski definition) is 1. The molecular formula is C24H25N5. The van der Waals surface area contributed by atoms with Crippen molar-refractivity contribution in [1.82, 2.24) is 19.7 Å². The van der Waals surface area contributed by atoms with Gasteiger partial charge in [-0.2, -0.15) is 5.10 Å². The molecule has 1 aromatic carbocycles. The van der Waals surface area contributed by atoms with Crippen molar-refractivity contribution in [3.8, 4) is 29.4 Å². The van der Waals surface area contributed by atoms with Crippen molar-refractivity contribution in [2.45, 2.75) is 33.7 Å². The Morgan fingerprint density at radius 3 is 2.52 bits per heavy atom. The largest absolute Gasteiger partial charge is 0.323 e. The van der Waals surface area contributed by atoms with Crippen LogP contribution in [0.15, 0.2) is 54.7 Å². The van der Waals surface area contributed by atoms with Crippen LogP contribution in [0.4, 0.5) is 0 Å². The van der Waals surface area contributed by atoms with E-state index in [1.807, 2.05) is 80.9 Å². The van der Waals surface area contributed by atoms with E-state index in [4.69, 9.17) is 12.2 Å². The molecule has 146 valence electrons. The minimum atomic E-state index is -0.136. The molecule has 0 radical (unpaired) electrons. The van der Waals surface area contributed by atoms with Crippen LogP contribution in [0, 0.1) is 19.3 Å². The minimum Gasteiger partial charge on any atom is -0.323 e. The van der Waals surface area contributed by atoms with Crippen molar-refractivity contribution in [1.29, 1.82) is 0 Å². The number of benzene rings is 1. The molecule has 0 aliphatic heterocycles. The molecule has 29 heavy (non-hydrogen) atoms. The highest BCUT2D eigenvalue weighted by molar-refractivity contribution is 5.90. The molecule has 4 aromatic rings. The molecule has 3 heterocycles. The third-order valence-corrected chi connectivity index (χ3v) is 4.47. The predicted molar refractivity (Wildman–Crippen MR) is 119 cm³/mol. The summed E-state index contributed by atoms with van der Waals surface area (Å²) in [5.74, 6) is 3.52. The van der Waals surface area contributed by atoms with Crippen LogP contribution < -0.4 is 5.73 Å². The highest BCUT2D eigenvalue weighted by Crippen LogP contribution is 2.28. The predicted octanol–water partition coefficient (Wildman–Crippen LogP) is 4.82. The maximum absolute atomic E-state index is 5.99. The summed E-state index contributed by atoms with van der Waals surface area (Å²) in [5, 5.41) is 5.42. The molecule has 0 fully saturated rings. The standard InChI is InChI=1S/C22H19N5.C2H6/c1-4-16-11-17(20-9-6-8-19(26-20)15(3)23)12-21-18(16)13-24-27(21)22-10-5-7-14(2)25-22;1-2/h1,5-13,15H,23H2,2-3H3;1-2H3. The fraction of sp³-hybridized carbons (Fsp3) is 0.208. The number of nitrogens with zero attached hydrogens (tertiary/aromatic N) is 4. The Labute approximate surface area is 171 Å². The number of aromatic nitrogens is 4. The van der Waals surface area contributed by atoms with E-state index in [2.05, 4.69) is 21.0 Å². The van der Waals surface area contributed by atoms with E-state index in [-0.39, 0.29) is 6.04 Å². The van der Waals surface area contributed by atoms with Gasteiger partial charge in [-0.1, -0.05) is 31.9 Å². The second-order valence-corrected chi connectivity index (χ2v) is 6.53. The van der Waals surface area contributed by atoms with Gasteiger partial charge in [-0.05, 0) is 50.2 Å². The highest BCUT2D eigenvalue weighted by Gasteiger charge is 2.13. The van der Waals surface area contributed by atoms with Crippen molar-refractivity contribution in [3.63, 3.8) is 0 Å². The number of nitrogens with two attached hydrogens (primary N) is 1. The van der Waals surface area contributed by atoms with Crippen LogP contribution in [0.5, 0.6) is 0 Å². The van der Waals surface area contributed by atoms with Crippen LogP contribution in [0.2, 0.25) is 0 Å². The SMILES string of the molecule is C#Cc1cc(-c2cccc(C(C)N)n2)cc2c1cnn2-c1cccc(C)n1.CC. The van der Waals surface area contributed by atoms with Crippen molar-refractivity contribution >= 4 is 10.9 Å². The van der Waals surface area contributed by atoms with E-state index >= 15 is 0 Å². The lowest BCUT2D eigenvalue weighted by atomic mass is 10.0. The van der Waals surface area contributed by atoms with Crippen LogP contribution in [-0.2, 0) is 0 Å². The topological polar surface area (TPSA) is 69.6 Å². The van der Waals surface area contributed by atoms with Gasteiger partial charge < -0.3 is 5.73 Å². The van der Waals surface area contributed by atoms with Crippen LogP contribution >= 0.6 is 0 Å². The molecule has 0 aliphatic rings. The van der Waals surface area contributed by atoms with E-state index in [1.54, 1.807) is 6.20 Å². The molecule has 1 atom stereocenters. The zero-order valence-electron chi connectivity index (χ0n) is 17.2. The Hall–Kier alpha value is -3.49. The molecule has 3 aromatic heterocycles. The normalized spacial score (nSPS) is 11.4. The first kappa shape index (κ1) is 20.2. The molecule has 0 amide bonds. The summed E-state index contributed by atoms with van der Waals surface area (Å²) >= 11 is 0. The van der Waals surface area contributed by atoms with Gasteiger partial charge in [0.15, 0.2) is 5.82 Å². The van der Waals surface area contributed by atoms with Gasteiger partial charge in [0.1, 0.15) is 0 Å². The van der Waals surface area contributed by atoms with Gasteiger partial charge in [0.05, 0.1) is 23.1 Å². The summed E-state index contributed by atoms with van der Waals surface area (Å²) in [6.07, 6.45) is 7.55. The average Bonchev–Trinajstić information content (AvgIpc) is 3.18.